The fraction of sp³-hybridized carbons (Fsp3) is 0.310. The molecule has 2 saturated heterocycles. The number of carbonyl (C=O) groups is 2. The minimum absolute atomic E-state index is 0.196. The maximum atomic E-state index is 13.2. The monoisotopic (exact) mass is 503 g/mol. The van der Waals surface area contributed by atoms with Crippen LogP contribution >= 0.6 is 0 Å². The summed E-state index contributed by atoms with van der Waals surface area (Å²) in [5, 5.41) is 2.88. The lowest BCUT2D eigenvalue weighted by Crippen LogP contribution is -2.67. The molecular formula is C29H29NO7. The summed E-state index contributed by atoms with van der Waals surface area (Å²) < 4.78 is 30.7. The van der Waals surface area contributed by atoms with Crippen LogP contribution in [-0.2, 0) is 35.1 Å². The molecule has 1 amide bonds. The normalized spacial score (nSPS) is 27.1. The molecule has 8 nitrogen and oxygen atoms in total. The molecule has 0 radical (unpaired) electrons. The van der Waals surface area contributed by atoms with E-state index in [9.17, 15) is 9.59 Å². The minimum Gasteiger partial charge on any atom is -0.453 e. The van der Waals surface area contributed by atoms with E-state index in [1.54, 1.807) is 24.3 Å². The number of benzene rings is 3. The molecule has 0 bridgehead atoms. The molecule has 0 spiro atoms. The SMILES string of the molecule is CC(=O)N[C@H]1[C@@H](OCc2ccccc2)O[C@@H]2COC(c3ccccc3)O[C@H]2[C@@H]1OC(=O)c1ccccc1. The van der Waals surface area contributed by atoms with Crippen molar-refractivity contribution in [3.63, 3.8) is 0 Å². The number of carbonyl (C=O) groups excluding carboxylic acids is 2. The van der Waals surface area contributed by atoms with Gasteiger partial charge in [-0.1, -0.05) is 78.9 Å². The summed E-state index contributed by atoms with van der Waals surface area (Å²) in [6.07, 6.45) is -3.77. The second-order valence-corrected chi connectivity index (χ2v) is 8.98. The van der Waals surface area contributed by atoms with Crippen LogP contribution in [0.25, 0.3) is 0 Å². The van der Waals surface area contributed by atoms with Gasteiger partial charge in [0.25, 0.3) is 0 Å². The molecule has 0 aliphatic carbocycles. The summed E-state index contributed by atoms with van der Waals surface area (Å²) in [7, 11) is 0. The van der Waals surface area contributed by atoms with E-state index in [0.29, 0.717) is 5.56 Å². The first kappa shape index (κ1) is 25.1. The highest BCUT2D eigenvalue weighted by atomic mass is 16.8. The van der Waals surface area contributed by atoms with Gasteiger partial charge in [-0.15, -0.1) is 0 Å². The van der Waals surface area contributed by atoms with Crippen LogP contribution in [0.4, 0.5) is 0 Å². The Balaban J connectivity index is 1.43. The molecule has 3 aromatic carbocycles. The molecule has 0 aromatic heterocycles. The van der Waals surface area contributed by atoms with Crippen molar-refractivity contribution in [1.82, 2.24) is 5.32 Å². The molecule has 3 aromatic rings. The number of ether oxygens (including phenoxy) is 5. The van der Waals surface area contributed by atoms with Crippen LogP contribution in [0, 0.1) is 0 Å². The van der Waals surface area contributed by atoms with Crippen LogP contribution in [-0.4, -0.2) is 49.1 Å². The van der Waals surface area contributed by atoms with E-state index in [-0.39, 0.29) is 19.1 Å². The number of fused-ring (bicyclic) bond motifs is 1. The molecule has 1 unspecified atom stereocenters. The highest BCUT2D eigenvalue weighted by Gasteiger charge is 2.52. The standard InChI is InChI=1S/C29H29NO7/c1-19(31)30-24-26(36-27(32)21-13-7-3-8-14-21)25-23(18-34-28(37-25)22-15-9-4-10-16-22)35-29(24)33-17-20-11-5-2-6-12-20/h2-16,23-26,28-29H,17-18H2,1H3,(H,30,31)/t23-,24-,25-,26-,28?,29+/m1/s1. The van der Waals surface area contributed by atoms with E-state index >= 15 is 0 Å². The first-order valence-electron chi connectivity index (χ1n) is 12.2. The van der Waals surface area contributed by atoms with Crippen LogP contribution in [0.2, 0.25) is 0 Å². The fourth-order valence-electron chi connectivity index (χ4n) is 4.54. The minimum atomic E-state index is -0.903. The Hall–Kier alpha value is -3.56. The quantitative estimate of drug-likeness (QED) is 0.491. The molecule has 0 saturated carbocycles. The molecule has 8 heteroatoms. The van der Waals surface area contributed by atoms with Gasteiger partial charge in [-0.3, -0.25) is 4.79 Å². The Bertz CT molecular complexity index is 1170. The van der Waals surface area contributed by atoms with Crippen LogP contribution in [0.5, 0.6) is 0 Å². The van der Waals surface area contributed by atoms with E-state index in [1.807, 2.05) is 66.7 Å². The van der Waals surface area contributed by atoms with Crippen molar-refractivity contribution in [3.05, 3.63) is 108 Å². The summed E-state index contributed by atoms with van der Waals surface area (Å²) in [4.78, 5) is 25.4. The van der Waals surface area contributed by atoms with E-state index in [0.717, 1.165) is 11.1 Å². The second-order valence-electron chi connectivity index (χ2n) is 8.98. The Labute approximate surface area is 215 Å². The van der Waals surface area contributed by atoms with Gasteiger partial charge < -0.3 is 29.0 Å². The number of hydrogen-bond donors (Lipinski definition) is 1. The van der Waals surface area contributed by atoms with Gasteiger partial charge in [0.15, 0.2) is 18.7 Å². The summed E-state index contributed by atoms with van der Waals surface area (Å²) in [6, 6.07) is 27.0. The average molecular weight is 504 g/mol. The third kappa shape index (κ3) is 6.06. The topological polar surface area (TPSA) is 92.3 Å². The Kier molecular flexibility index (Phi) is 7.91. The third-order valence-electron chi connectivity index (χ3n) is 6.29. The Morgan fingerprint density at radius 2 is 1.54 bits per heavy atom. The molecule has 2 aliphatic rings. The molecule has 6 atom stereocenters. The largest absolute Gasteiger partial charge is 0.453 e. The first-order valence-corrected chi connectivity index (χ1v) is 12.2. The van der Waals surface area contributed by atoms with Crippen molar-refractivity contribution in [1.29, 1.82) is 0 Å². The second kappa shape index (κ2) is 11.7. The molecule has 2 aliphatic heterocycles. The summed E-state index contributed by atoms with van der Waals surface area (Å²) in [5.74, 6) is -0.845. The van der Waals surface area contributed by atoms with Gasteiger partial charge in [0.1, 0.15) is 18.2 Å². The summed E-state index contributed by atoms with van der Waals surface area (Å²) >= 11 is 0. The average Bonchev–Trinajstić information content (AvgIpc) is 2.94. The maximum absolute atomic E-state index is 13.2. The summed E-state index contributed by atoms with van der Waals surface area (Å²) in [5.41, 5.74) is 2.15. The van der Waals surface area contributed by atoms with Crippen LogP contribution in [0.1, 0.15) is 34.7 Å². The number of nitrogens with one attached hydrogen (secondary N) is 1. The van der Waals surface area contributed by atoms with Crippen molar-refractivity contribution < 1.29 is 33.3 Å². The number of esters is 1. The van der Waals surface area contributed by atoms with Crippen molar-refractivity contribution in [2.75, 3.05) is 6.61 Å². The number of rotatable bonds is 7. The number of hydrogen-bond acceptors (Lipinski definition) is 7. The highest BCUT2D eigenvalue weighted by molar-refractivity contribution is 5.89. The smallest absolute Gasteiger partial charge is 0.338 e. The van der Waals surface area contributed by atoms with E-state index < -0.39 is 42.9 Å². The van der Waals surface area contributed by atoms with Crippen LogP contribution < -0.4 is 5.32 Å². The molecule has 192 valence electrons. The summed E-state index contributed by atoms with van der Waals surface area (Å²) in [6.45, 7) is 1.84. The zero-order chi connectivity index (χ0) is 25.6. The lowest BCUT2D eigenvalue weighted by Gasteiger charge is -2.48. The van der Waals surface area contributed by atoms with Gasteiger partial charge in [-0.2, -0.15) is 0 Å². The Morgan fingerprint density at radius 3 is 2.22 bits per heavy atom. The molecule has 5 rings (SSSR count). The van der Waals surface area contributed by atoms with Gasteiger partial charge in [0, 0.05) is 12.5 Å². The predicted octanol–water partition coefficient (Wildman–Crippen LogP) is 3.77. The zero-order valence-corrected chi connectivity index (χ0v) is 20.4. The first-order chi connectivity index (χ1) is 18.1. The maximum Gasteiger partial charge on any atom is 0.338 e. The van der Waals surface area contributed by atoms with Gasteiger partial charge >= 0.3 is 5.97 Å². The highest BCUT2D eigenvalue weighted by Crippen LogP contribution is 2.36. The lowest BCUT2D eigenvalue weighted by atomic mass is 9.95. The molecular weight excluding hydrogens is 474 g/mol. The van der Waals surface area contributed by atoms with E-state index in [2.05, 4.69) is 5.32 Å². The zero-order valence-electron chi connectivity index (χ0n) is 20.4. The lowest BCUT2D eigenvalue weighted by molar-refractivity contribution is -0.344. The number of amides is 1. The molecule has 2 heterocycles. The molecule has 37 heavy (non-hydrogen) atoms. The van der Waals surface area contributed by atoms with Crippen molar-refractivity contribution in [2.24, 2.45) is 0 Å². The third-order valence-corrected chi connectivity index (χ3v) is 6.29. The van der Waals surface area contributed by atoms with Crippen LogP contribution in [0.15, 0.2) is 91.0 Å². The van der Waals surface area contributed by atoms with Gasteiger partial charge in [0.2, 0.25) is 5.91 Å². The molecule has 2 fully saturated rings. The molecule has 1 N–H and O–H groups in total. The predicted molar refractivity (Wildman–Crippen MR) is 133 cm³/mol. The van der Waals surface area contributed by atoms with Crippen molar-refractivity contribution >= 4 is 11.9 Å². The Morgan fingerprint density at radius 1 is 0.892 bits per heavy atom. The van der Waals surface area contributed by atoms with E-state index in [4.69, 9.17) is 23.7 Å². The van der Waals surface area contributed by atoms with E-state index in [1.165, 1.54) is 6.92 Å². The van der Waals surface area contributed by atoms with Gasteiger partial charge in [-0.05, 0) is 17.7 Å². The van der Waals surface area contributed by atoms with Crippen molar-refractivity contribution in [3.8, 4) is 0 Å². The van der Waals surface area contributed by atoms with Gasteiger partial charge in [-0.25, -0.2) is 4.79 Å². The fourth-order valence-corrected chi connectivity index (χ4v) is 4.54. The van der Waals surface area contributed by atoms with Crippen molar-refractivity contribution in [2.45, 2.75) is 50.5 Å². The van der Waals surface area contributed by atoms with Gasteiger partial charge in [0.05, 0.1) is 18.8 Å². The van der Waals surface area contributed by atoms with Crippen LogP contribution in [0.3, 0.4) is 0 Å².